The van der Waals surface area contributed by atoms with Crippen LogP contribution < -0.4 is 5.32 Å². The van der Waals surface area contributed by atoms with Crippen LogP contribution in [-0.4, -0.2) is 56.1 Å². The molecule has 0 saturated carbocycles. The van der Waals surface area contributed by atoms with Crippen LogP contribution in [0, 0.1) is 5.92 Å². The van der Waals surface area contributed by atoms with Gasteiger partial charge in [0.2, 0.25) is 11.8 Å². The molecule has 4 rings (SSSR count). The van der Waals surface area contributed by atoms with E-state index in [2.05, 4.69) is 27.4 Å². The molecule has 0 aromatic carbocycles. The molecular formula is C20H26N6O2. The van der Waals surface area contributed by atoms with E-state index in [1.165, 1.54) is 6.92 Å². The Morgan fingerprint density at radius 3 is 2.86 bits per heavy atom. The molecule has 0 bridgehead atoms. The summed E-state index contributed by atoms with van der Waals surface area (Å²) < 4.78 is 1.81. The van der Waals surface area contributed by atoms with Gasteiger partial charge in [0.1, 0.15) is 5.52 Å². The van der Waals surface area contributed by atoms with Crippen molar-refractivity contribution >= 4 is 23.0 Å². The second kappa shape index (κ2) is 8.08. The van der Waals surface area contributed by atoms with Crippen LogP contribution in [0.25, 0.3) is 11.2 Å². The van der Waals surface area contributed by atoms with Crippen molar-refractivity contribution < 1.29 is 9.59 Å². The molecule has 8 heteroatoms. The predicted molar refractivity (Wildman–Crippen MR) is 104 cm³/mol. The predicted octanol–water partition coefficient (Wildman–Crippen LogP) is 1.63. The summed E-state index contributed by atoms with van der Waals surface area (Å²) in [6.45, 7) is 3.99. The molecule has 2 aromatic rings. The number of amides is 2. The maximum Gasteiger partial charge on any atom is 0.226 e. The quantitative estimate of drug-likeness (QED) is 0.794. The van der Waals surface area contributed by atoms with Gasteiger partial charge in [0.25, 0.3) is 0 Å². The average Bonchev–Trinajstić information content (AvgIpc) is 3.33. The van der Waals surface area contributed by atoms with E-state index in [0.717, 1.165) is 49.1 Å². The number of hydrogen-bond donors (Lipinski definition) is 1. The Hall–Kier alpha value is -2.77. The van der Waals surface area contributed by atoms with E-state index in [0.29, 0.717) is 19.6 Å². The average molecular weight is 382 g/mol. The van der Waals surface area contributed by atoms with Crippen molar-refractivity contribution in [3.8, 4) is 0 Å². The second-order valence-corrected chi connectivity index (χ2v) is 7.57. The van der Waals surface area contributed by atoms with Gasteiger partial charge in [-0.25, -0.2) is 14.6 Å². The first-order chi connectivity index (χ1) is 13.6. The van der Waals surface area contributed by atoms with Crippen LogP contribution in [0.4, 0.5) is 0 Å². The van der Waals surface area contributed by atoms with Crippen molar-refractivity contribution in [1.82, 2.24) is 30.0 Å². The first kappa shape index (κ1) is 18.6. The summed E-state index contributed by atoms with van der Waals surface area (Å²) in [5, 5.41) is 7.56. The van der Waals surface area contributed by atoms with Crippen LogP contribution in [-0.2, 0) is 16.1 Å². The van der Waals surface area contributed by atoms with Crippen molar-refractivity contribution in [2.75, 3.05) is 19.6 Å². The number of likely N-dealkylation sites (tertiary alicyclic amines) is 1. The van der Waals surface area contributed by atoms with Gasteiger partial charge in [0.15, 0.2) is 5.65 Å². The summed E-state index contributed by atoms with van der Waals surface area (Å²) in [5.74, 6) is 0.498. The Morgan fingerprint density at radius 1 is 1.21 bits per heavy atom. The Balaban J connectivity index is 1.50. The van der Waals surface area contributed by atoms with E-state index in [-0.39, 0.29) is 23.7 Å². The van der Waals surface area contributed by atoms with Crippen LogP contribution in [0.1, 0.15) is 44.2 Å². The highest BCUT2D eigenvalue weighted by molar-refractivity contribution is 5.80. The Kier molecular flexibility index (Phi) is 5.36. The number of nitrogens with zero attached hydrogens (tertiary/aromatic N) is 5. The summed E-state index contributed by atoms with van der Waals surface area (Å²) in [6, 6.07) is 0. The number of carbonyl (C=O) groups excluding carboxylic acids is 2. The van der Waals surface area contributed by atoms with E-state index in [1.807, 2.05) is 9.58 Å². The lowest BCUT2D eigenvalue weighted by atomic mass is 9.93. The zero-order valence-electron chi connectivity index (χ0n) is 16.2. The first-order valence-corrected chi connectivity index (χ1v) is 9.99. The van der Waals surface area contributed by atoms with Crippen molar-refractivity contribution in [1.29, 1.82) is 0 Å². The Labute approximate surface area is 164 Å². The number of nitrogens with one attached hydrogen (secondary N) is 1. The van der Waals surface area contributed by atoms with E-state index in [4.69, 9.17) is 5.10 Å². The summed E-state index contributed by atoms with van der Waals surface area (Å²) in [5.41, 5.74) is 2.43. The minimum Gasteiger partial charge on any atom is -0.354 e. The summed E-state index contributed by atoms with van der Waals surface area (Å²) in [6.07, 6.45) is 11.3. The zero-order chi connectivity index (χ0) is 19.5. The molecule has 2 atom stereocenters. The third-order valence-corrected chi connectivity index (χ3v) is 5.60. The maximum absolute atomic E-state index is 12.8. The molecule has 1 N–H and O–H groups in total. The first-order valence-electron chi connectivity index (χ1n) is 9.99. The lowest BCUT2D eigenvalue weighted by molar-refractivity contribution is -0.134. The molecule has 2 aliphatic rings. The SMILES string of the molecule is CC(=O)NCCn1nc([C@H]2CCN(C(=O)[C@H]3CC=CCC3)C2)c2nccnc21. The minimum atomic E-state index is -0.0646. The van der Waals surface area contributed by atoms with Gasteiger partial charge >= 0.3 is 0 Å². The molecule has 1 saturated heterocycles. The molecule has 148 valence electrons. The number of aromatic nitrogens is 4. The topological polar surface area (TPSA) is 93.0 Å². The molecule has 8 nitrogen and oxygen atoms in total. The summed E-state index contributed by atoms with van der Waals surface area (Å²) >= 11 is 0. The number of rotatable bonds is 5. The highest BCUT2D eigenvalue weighted by atomic mass is 16.2. The van der Waals surface area contributed by atoms with Gasteiger partial charge in [-0.2, -0.15) is 5.10 Å². The summed E-state index contributed by atoms with van der Waals surface area (Å²) in [4.78, 5) is 34.9. The van der Waals surface area contributed by atoms with E-state index < -0.39 is 0 Å². The molecule has 0 spiro atoms. The lowest BCUT2D eigenvalue weighted by Crippen LogP contribution is -2.34. The smallest absolute Gasteiger partial charge is 0.226 e. The van der Waals surface area contributed by atoms with Crippen molar-refractivity contribution in [3.05, 3.63) is 30.2 Å². The van der Waals surface area contributed by atoms with Gasteiger partial charge in [-0.05, 0) is 25.7 Å². The van der Waals surface area contributed by atoms with E-state index in [1.54, 1.807) is 12.4 Å². The van der Waals surface area contributed by atoms with Crippen LogP contribution in [0.15, 0.2) is 24.5 Å². The molecule has 2 amide bonds. The molecule has 1 aliphatic heterocycles. The normalized spacial score (nSPS) is 22.0. The number of allylic oxidation sites excluding steroid dienone is 2. The molecule has 0 radical (unpaired) electrons. The van der Waals surface area contributed by atoms with Crippen LogP contribution in [0.5, 0.6) is 0 Å². The molecule has 1 aliphatic carbocycles. The second-order valence-electron chi connectivity index (χ2n) is 7.57. The molecule has 0 unspecified atom stereocenters. The van der Waals surface area contributed by atoms with E-state index >= 15 is 0 Å². The molecule has 1 fully saturated rings. The summed E-state index contributed by atoms with van der Waals surface area (Å²) in [7, 11) is 0. The van der Waals surface area contributed by atoms with Crippen molar-refractivity contribution in [2.45, 2.75) is 45.1 Å². The largest absolute Gasteiger partial charge is 0.354 e. The third-order valence-electron chi connectivity index (χ3n) is 5.60. The van der Waals surface area contributed by atoms with Gasteiger partial charge in [0.05, 0.1) is 12.2 Å². The van der Waals surface area contributed by atoms with Crippen LogP contribution in [0.3, 0.4) is 0 Å². The Morgan fingerprint density at radius 2 is 2.07 bits per heavy atom. The minimum absolute atomic E-state index is 0.0646. The fourth-order valence-electron chi connectivity index (χ4n) is 4.15. The van der Waals surface area contributed by atoms with Crippen molar-refractivity contribution in [2.24, 2.45) is 5.92 Å². The van der Waals surface area contributed by atoms with Crippen LogP contribution >= 0.6 is 0 Å². The fraction of sp³-hybridized carbons (Fsp3) is 0.550. The Bertz CT molecular complexity index is 905. The molecular weight excluding hydrogens is 356 g/mol. The van der Waals surface area contributed by atoms with Gasteiger partial charge in [-0.1, -0.05) is 12.2 Å². The van der Waals surface area contributed by atoms with Crippen molar-refractivity contribution in [3.63, 3.8) is 0 Å². The van der Waals surface area contributed by atoms with Gasteiger partial charge < -0.3 is 10.2 Å². The zero-order valence-corrected chi connectivity index (χ0v) is 16.2. The van der Waals surface area contributed by atoms with Gasteiger partial charge in [-0.15, -0.1) is 0 Å². The maximum atomic E-state index is 12.8. The standard InChI is InChI=1S/C20H26N6O2/c1-14(27)21-10-12-26-19-18(22-8-9-23-19)17(24-26)16-7-11-25(13-16)20(28)15-5-3-2-4-6-15/h2-3,8-9,15-16H,4-7,10-13H2,1H3,(H,21,27)/t15-,16-/m0/s1. The number of fused-ring (bicyclic) bond motifs is 1. The monoisotopic (exact) mass is 382 g/mol. The number of carbonyl (C=O) groups is 2. The van der Waals surface area contributed by atoms with Crippen LogP contribution in [0.2, 0.25) is 0 Å². The highest BCUT2D eigenvalue weighted by Crippen LogP contribution is 2.32. The molecule has 3 heterocycles. The fourth-order valence-corrected chi connectivity index (χ4v) is 4.15. The van der Waals surface area contributed by atoms with E-state index in [9.17, 15) is 9.59 Å². The molecule has 28 heavy (non-hydrogen) atoms. The third kappa shape index (κ3) is 3.76. The lowest BCUT2D eigenvalue weighted by Gasteiger charge is -2.24. The highest BCUT2D eigenvalue weighted by Gasteiger charge is 2.34. The molecule has 2 aromatic heterocycles. The van der Waals surface area contributed by atoms with Gasteiger partial charge in [0, 0.05) is 50.8 Å². The number of hydrogen-bond acceptors (Lipinski definition) is 5. The van der Waals surface area contributed by atoms with Gasteiger partial charge in [-0.3, -0.25) is 9.59 Å².